The van der Waals surface area contributed by atoms with Crippen molar-refractivity contribution in [3.63, 3.8) is 0 Å². The van der Waals surface area contributed by atoms with E-state index in [1.807, 2.05) is 30.3 Å². The van der Waals surface area contributed by atoms with Crippen molar-refractivity contribution in [2.75, 3.05) is 13.2 Å². The second-order valence-electron chi connectivity index (χ2n) is 6.43. The number of rotatable bonds is 5. The average Bonchev–Trinajstić information content (AvgIpc) is 3.22. The molecule has 0 fully saturated rings. The van der Waals surface area contributed by atoms with Gasteiger partial charge in [0.2, 0.25) is 0 Å². The molecule has 5 heteroatoms. The van der Waals surface area contributed by atoms with Gasteiger partial charge < -0.3 is 24.4 Å². The molecule has 4 aromatic rings. The molecule has 2 aromatic carbocycles. The first-order valence-electron chi connectivity index (χ1n) is 7.92. The first kappa shape index (κ1) is 15.2. The molecule has 5 nitrogen and oxygen atoms in total. The van der Waals surface area contributed by atoms with Crippen molar-refractivity contribution < 1.29 is 19.0 Å². The summed E-state index contributed by atoms with van der Waals surface area (Å²) in [5.41, 5.74) is 2.85. The fourth-order valence-corrected chi connectivity index (χ4v) is 2.95. The summed E-state index contributed by atoms with van der Waals surface area (Å²) in [5, 5.41) is 25.1. The predicted molar refractivity (Wildman–Crippen MR) is 92.9 cm³/mol. The average molecular weight is 325 g/mol. The highest BCUT2D eigenvalue weighted by Crippen LogP contribution is 2.35. The molecule has 0 atom stereocenters. The normalized spacial score (nSPS) is 12.6. The minimum Gasteiger partial charge on any atom is -0.464 e. The zero-order valence-electron chi connectivity index (χ0n) is 13.4. The van der Waals surface area contributed by atoms with E-state index in [9.17, 15) is 10.2 Å². The highest BCUT2D eigenvalue weighted by atomic mass is 16.3. The molecular formula is C19H19NO4. The van der Waals surface area contributed by atoms with Gasteiger partial charge in [0.05, 0.1) is 25.0 Å². The maximum Gasteiger partial charge on any atom is 0.136 e. The molecule has 0 aliphatic carbocycles. The Kier molecular flexibility index (Phi) is 3.57. The summed E-state index contributed by atoms with van der Waals surface area (Å²) in [6.45, 7) is 2.07. The van der Waals surface area contributed by atoms with Crippen LogP contribution in [-0.4, -0.2) is 29.0 Å². The molecule has 0 amide bonds. The third-order valence-electron chi connectivity index (χ3n) is 4.55. The minimum absolute atomic E-state index is 0.129. The number of hydrogen-bond acceptors (Lipinski definition) is 5. The molecule has 124 valence electrons. The summed E-state index contributed by atoms with van der Waals surface area (Å²) >= 11 is 0. The number of aliphatic hydroxyl groups excluding tert-OH is 2. The molecule has 24 heavy (non-hydrogen) atoms. The molecule has 0 saturated carbocycles. The van der Waals surface area contributed by atoms with E-state index in [4.69, 9.17) is 8.83 Å². The maximum atomic E-state index is 9.39. The molecule has 0 bridgehead atoms. The van der Waals surface area contributed by atoms with Crippen molar-refractivity contribution in [1.82, 2.24) is 5.32 Å². The van der Waals surface area contributed by atoms with Crippen molar-refractivity contribution in [2.24, 2.45) is 0 Å². The van der Waals surface area contributed by atoms with Crippen LogP contribution in [0.2, 0.25) is 0 Å². The SMILES string of the molecule is CC(CO)(CO)NCc1ccc2oc3ccc4occc4c3c2c1. The molecule has 3 N–H and O–H groups in total. The molecule has 4 rings (SSSR count). The summed E-state index contributed by atoms with van der Waals surface area (Å²) in [5.74, 6) is 0. The monoisotopic (exact) mass is 325 g/mol. The lowest BCUT2D eigenvalue weighted by atomic mass is 10.0. The van der Waals surface area contributed by atoms with Gasteiger partial charge in [0.1, 0.15) is 16.7 Å². The van der Waals surface area contributed by atoms with Gasteiger partial charge in [-0.1, -0.05) is 6.07 Å². The molecule has 2 aromatic heterocycles. The maximum absolute atomic E-state index is 9.39. The van der Waals surface area contributed by atoms with E-state index >= 15 is 0 Å². The number of nitrogens with one attached hydrogen (secondary N) is 1. The fraction of sp³-hybridized carbons (Fsp3) is 0.263. The van der Waals surface area contributed by atoms with Gasteiger partial charge in [-0.2, -0.15) is 0 Å². The quantitative estimate of drug-likeness (QED) is 0.525. The number of hydrogen-bond donors (Lipinski definition) is 3. The lowest BCUT2D eigenvalue weighted by Gasteiger charge is -2.26. The smallest absolute Gasteiger partial charge is 0.136 e. The molecule has 0 spiro atoms. The Labute approximate surface area is 138 Å². The van der Waals surface area contributed by atoms with Crippen LogP contribution in [0, 0.1) is 0 Å². The number of furan rings is 2. The highest BCUT2D eigenvalue weighted by Gasteiger charge is 2.21. The van der Waals surface area contributed by atoms with Crippen LogP contribution in [0.5, 0.6) is 0 Å². The number of benzene rings is 2. The van der Waals surface area contributed by atoms with Gasteiger partial charge in [0.25, 0.3) is 0 Å². The second kappa shape index (κ2) is 5.63. The Bertz CT molecular complexity index is 1010. The second-order valence-corrected chi connectivity index (χ2v) is 6.43. The largest absolute Gasteiger partial charge is 0.464 e. The van der Waals surface area contributed by atoms with Gasteiger partial charge in [-0.15, -0.1) is 0 Å². The zero-order valence-corrected chi connectivity index (χ0v) is 13.4. The van der Waals surface area contributed by atoms with E-state index in [0.717, 1.165) is 38.5 Å². The summed E-state index contributed by atoms with van der Waals surface area (Å²) in [6, 6.07) is 11.8. The van der Waals surface area contributed by atoms with Crippen LogP contribution in [0.3, 0.4) is 0 Å². The van der Waals surface area contributed by atoms with E-state index < -0.39 is 5.54 Å². The number of aliphatic hydroxyl groups is 2. The molecule has 0 aliphatic heterocycles. The van der Waals surface area contributed by atoms with Gasteiger partial charge in [-0.3, -0.25) is 0 Å². The van der Waals surface area contributed by atoms with Crippen LogP contribution in [0.4, 0.5) is 0 Å². The van der Waals surface area contributed by atoms with Crippen LogP contribution < -0.4 is 5.32 Å². The molecule has 0 radical (unpaired) electrons. The highest BCUT2D eigenvalue weighted by molar-refractivity contribution is 6.17. The van der Waals surface area contributed by atoms with Crippen LogP contribution in [0.15, 0.2) is 51.5 Å². The van der Waals surface area contributed by atoms with Crippen molar-refractivity contribution in [2.45, 2.75) is 19.0 Å². The zero-order chi connectivity index (χ0) is 16.7. The van der Waals surface area contributed by atoms with Crippen molar-refractivity contribution in [3.05, 3.63) is 48.2 Å². The van der Waals surface area contributed by atoms with Crippen LogP contribution >= 0.6 is 0 Å². The summed E-state index contributed by atoms with van der Waals surface area (Å²) < 4.78 is 11.4. The van der Waals surface area contributed by atoms with Gasteiger partial charge in [0.15, 0.2) is 0 Å². The van der Waals surface area contributed by atoms with Gasteiger partial charge >= 0.3 is 0 Å². The Morgan fingerprint density at radius 3 is 2.50 bits per heavy atom. The molecular weight excluding hydrogens is 306 g/mol. The van der Waals surface area contributed by atoms with Crippen LogP contribution in [-0.2, 0) is 6.54 Å². The molecule has 2 heterocycles. The van der Waals surface area contributed by atoms with E-state index in [-0.39, 0.29) is 13.2 Å². The van der Waals surface area contributed by atoms with Crippen LogP contribution in [0.1, 0.15) is 12.5 Å². The van der Waals surface area contributed by atoms with Crippen molar-refractivity contribution in [1.29, 1.82) is 0 Å². The fourth-order valence-electron chi connectivity index (χ4n) is 2.95. The Hall–Kier alpha value is -2.34. The predicted octanol–water partition coefficient (Wildman–Crippen LogP) is 3.17. The van der Waals surface area contributed by atoms with Gasteiger partial charge in [-0.25, -0.2) is 0 Å². The van der Waals surface area contributed by atoms with E-state index in [1.54, 1.807) is 13.2 Å². The minimum atomic E-state index is -0.703. The van der Waals surface area contributed by atoms with Crippen LogP contribution in [0.25, 0.3) is 32.9 Å². The van der Waals surface area contributed by atoms with E-state index in [0.29, 0.717) is 6.54 Å². The Morgan fingerprint density at radius 1 is 0.958 bits per heavy atom. The van der Waals surface area contributed by atoms with E-state index in [1.165, 1.54) is 0 Å². The first-order chi connectivity index (χ1) is 11.6. The lowest BCUT2D eigenvalue weighted by molar-refractivity contribution is 0.103. The lowest BCUT2D eigenvalue weighted by Crippen LogP contribution is -2.48. The van der Waals surface area contributed by atoms with Crippen molar-refractivity contribution >= 4 is 32.9 Å². The third-order valence-corrected chi connectivity index (χ3v) is 4.55. The Morgan fingerprint density at radius 2 is 1.71 bits per heavy atom. The Balaban J connectivity index is 1.79. The molecule has 0 saturated heterocycles. The van der Waals surface area contributed by atoms with E-state index in [2.05, 4.69) is 11.4 Å². The molecule has 0 unspecified atom stereocenters. The standard InChI is InChI=1S/C19H19NO4/c1-19(10-21,11-22)20-9-12-2-3-16-14(8-12)18-13-6-7-23-15(13)4-5-17(18)24-16/h2-8,20-22H,9-11H2,1H3. The van der Waals surface area contributed by atoms with Gasteiger partial charge in [0, 0.05) is 22.7 Å². The molecule has 0 aliphatic rings. The summed E-state index contributed by atoms with van der Waals surface area (Å²) in [4.78, 5) is 0. The first-order valence-corrected chi connectivity index (χ1v) is 7.92. The topological polar surface area (TPSA) is 78.8 Å². The van der Waals surface area contributed by atoms with Gasteiger partial charge in [-0.05, 0) is 42.8 Å². The summed E-state index contributed by atoms with van der Waals surface area (Å²) in [7, 11) is 0. The van der Waals surface area contributed by atoms with Crippen molar-refractivity contribution in [3.8, 4) is 0 Å². The summed E-state index contributed by atoms with van der Waals surface area (Å²) in [6.07, 6.45) is 1.68. The third kappa shape index (κ3) is 2.38. The number of fused-ring (bicyclic) bond motifs is 5.